The van der Waals surface area contributed by atoms with Crippen molar-refractivity contribution in [1.29, 1.82) is 0 Å². The summed E-state index contributed by atoms with van der Waals surface area (Å²) < 4.78 is 1.24. The molecule has 0 amide bonds. The molecule has 0 saturated carbocycles. The Balaban J connectivity index is 2.75. The first-order chi connectivity index (χ1) is 7.63. The second-order valence-corrected chi connectivity index (χ2v) is 3.22. The van der Waals surface area contributed by atoms with Crippen molar-refractivity contribution < 1.29 is 5.11 Å². The summed E-state index contributed by atoms with van der Waals surface area (Å²) in [5, 5.41) is 8.60. The van der Waals surface area contributed by atoms with E-state index in [2.05, 4.69) is 15.0 Å². The first kappa shape index (κ1) is 10.4. The van der Waals surface area contributed by atoms with E-state index in [1.54, 1.807) is 0 Å². The zero-order chi connectivity index (χ0) is 11.7. The fraction of sp³-hybridized carbons (Fsp3) is 0.222. The molecule has 0 aromatic carbocycles. The van der Waals surface area contributed by atoms with Crippen LogP contribution in [0.15, 0.2) is 15.7 Å². The molecule has 2 aromatic rings. The maximum Gasteiger partial charge on any atom is 0.329 e. The van der Waals surface area contributed by atoms with Crippen molar-refractivity contribution in [3.63, 3.8) is 0 Å². The van der Waals surface area contributed by atoms with Gasteiger partial charge >= 0.3 is 5.69 Å². The lowest BCUT2D eigenvalue weighted by atomic mass is 10.5. The second kappa shape index (κ2) is 3.78. The molecule has 0 bridgehead atoms. The molecule has 7 heteroatoms. The summed E-state index contributed by atoms with van der Waals surface area (Å²) in [5.41, 5.74) is -0.498. The number of nitrogens with zero attached hydrogens (tertiary/aromatic N) is 2. The maximum atomic E-state index is 11.4. The molecular weight excluding hydrogens is 212 g/mol. The largest absolute Gasteiger partial charge is 0.392 e. The number of aromatic amines is 2. The van der Waals surface area contributed by atoms with Crippen LogP contribution in [-0.4, -0.2) is 31.2 Å². The van der Waals surface area contributed by atoms with Gasteiger partial charge in [-0.05, 0) is 6.08 Å². The van der Waals surface area contributed by atoms with Crippen LogP contribution in [0.5, 0.6) is 0 Å². The molecule has 7 nitrogen and oxygen atoms in total. The highest BCUT2D eigenvalue weighted by Crippen LogP contribution is 2.04. The number of hydrogen-bond donors (Lipinski definition) is 3. The van der Waals surface area contributed by atoms with E-state index in [0.29, 0.717) is 5.82 Å². The van der Waals surface area contributed by atoms with Gasteiger partial charge in [-0.25, -0.2) is 9.78 Å². The summed E-state index contributed by atoms with van der Waals surface area (Å²) in [4.78, 5) is 31.7. The lowest BCUT2D eigenvalue weighted by molar-refractivity contribution is 0.343. The van der Waals surface area contributed by atoms with Crippen LogP contribution in [0.25, 0.3) is 17.2 Å². The second-order valence-electron chi connectivity index (χ2n) is 3.22. The molecule has 0 aliphatic rings. The van der Waals surface area contributed by atoms with E-state index in [4.69, 9.17) is 5.11 Å². The number of aryl methyl sites for hydroxylation is 1. The third kappa shape index (κ3) is 1.57. The normalized spacial score (nSPS) is 11.6. The average Bonchev–Trinajstić information content (AvgIpc) is 2.68. The van der Waals surface area contributed by atoms with E-state index in [-0.39, 0.29) is 17.8 Å². The van der Waals surface area contributed by atoms with E-state index in [1.807, 2.05) is 0 Å². The molecule has 0 radical (unpaired) electrons. The van der Waals surface area contributed by atoms with Gasteiger partial charge in [-0.3, -0.25) is 14.3 Å². The average molecular weight is 222 g/mol. The molecule has 16 heavy (non-hydrogen) atoms. The number of hydrogen-bond acceptors (Lipinski definition) is 4. The minimum absolute atomic E-state index is 0.119. The van der Waals surface area contributed by atoms with Crippen LogP contribution in [0.4, 0.5) is 0 Å². The molecule has 0 spiro atoms. The Morgan fingerprint density at radius 3 is 2.88 bits per heavy atom. The number of H-pyrrole nitrogens is 2. The molecule has 0 aliphatic carbocycles. The van der Waals surface area contributed by atoms with Crippen LogP contribution in [0, 0.1) is 0 Å². The summed E-state index contributed by atoms with van der Waals surface area (Å²) in [6.45, 7) is -0.119. The van der Waals surface area contributed by atoms with Crippen LogP contribution < -0.4 is 11.2 Å². The summed E-state index contributed by atoms with van der Waals surface area (Å²) >= 11 is 0. The highest BCUT2D eigenvalue weighted by molar-refractivity contribution is 5.71. The number of imidazole rings is 1. The van der Waals surface area contributed by atoms with Crippen molar-refractivity contribution in [3.8, 4) is 0 Å². The van der Waals surface area contributed by atoms with E-state index in [1.165, 1.54) is 23.8 Å². The SMILES string of the molecule is Cn1c(=O)[nH]c(=O)c2[nH]c(C=CCO)nc21. The van der Waals surface area contributed by atoms with E-state index < -0.39 is 11.2 Å². The van der Waals surface area contributed by atoms with Gasteiger partial charge in [-0.15, -0.1) is 0 Å². The van der Waals surface area contributed by atoms with Gasteiger partial charge in [0.1, 0.15) is 11.3 Å². The smallest absolute Gasteiger partial charge is 0.329 e. The zero-order valence-electron chi connectivity index (χ0n) is 8.52. The summed E-state index contributed by atoms with van der Waals surface area (Å²) in [6.07, 6.45) is 3.01. The van der Waals surface area contributed by atoms with Gasteiger partial charge in [0.25, 0.3) is 5.56 Å². The summed E-state index contributed by atoms with van der Waals surface area (Å²) in [6, 6.07) is 0. The maximum absolute atomic E-state index is 11.4. The fourth-order valence-corrected chi connectivity index (χ4v) is 1.37. The molecule has 2 aromatic heterocycles. The van der Waals surface area contributed by atoms with Crippen LogP contribution in [0.2, 0.25) is 0 Å². The molecule has 0 saturated heterocycles. The molecule has 0 atom stereocenters. The first-order valence-electron chi connectivity index (χ1n) is 4.60. The number of aliphatic hydroxyl groups is 1. The Morgan fingerprint density at radius 2 is 2.19 bits per heavy atom. The van der Waals surface area contributed by atoms with Crippen LogP contribution >= 0.6 is 0 Å². The van der Waals surface area contributed by atoms with Crippen LogP contribution in [0.1, 0.15) is 5.82 Å². The minimum atomic E-state index is -0.512. The Labute approximate surface area is 89.1 Å². The Bertz CT molecular complexity index is 661. The van der Waals surface area contributed by atoms with Gasteiger partial charge in [0.2, 0.25) is 0 Å². The van der Waals surface area contributed by atoms with Crippen molar-refractivity contribution in [2.45, 2.75) is 0 Å². The Morgan fingerprint density at radius 1 is 1.44 bits per heavy atom. The van der Waals surface area contributed by atoms with Crippen molar-refractivity contribution in [3.05, 3.63) is 32.7 Å². The summed E-state index contributed by atoms with van der Waals surface area (Å²) in [5.74, 6) is 0.413. The topological polar surface area (TPSA) is 104 Å². The number of aliphatic hydroxyl groups excluding tert-OH is 1. The van der Waals surface area contributed by atoms with Crippen molar-refractivity contribution in [2.75, 3.05) is 6.61 Å². The molecule has 3 N–H and O–H groups in total. The van der Waals surface area contributed by atoms with Gasteiger partial charge < -0.3 is 10.1 Å². The van der Waals surface area contributed by atoms with Crippen molar-refractivity contribution in [2.24, 2.45) is 7.05 Å². The van der Waals surface area contributed by atoms with Gasteiger partial charge in [-0.1, -0.05) is 6.08 Å². The van der Waals surface area contributed by atoms with E-state index >= 15 is 0 Å². The van der Waals surface area contributed by atoms with Crippen molar-refractivity contribution in [1.82, 2.24) is 19.5 Å². The number of fused-ring (bicyclic) bond motifs is 1. The monoisotopic (exact) mass is 222 g/mol. The minimum Gasteiger partial charge on any atom is -0.392 e. The third-order valence-electron chi connectivity index (χ3n) is 2.15. The van der Waals surface area contributed by atoms with Crippen molar-refractivity contribution >= 4 is 17.2 Å². The molecule has 0 fully saturated rings. The number of rotatable bonds is 2. The highest BCUT2D eigenvalue weighted by atomic mass is 16.2. The lowest BCUT2D eigenvalue weighted by Gasteiger charge is -1.94. The molecule has 2 heterocycles. The fourth-order valence-electron chi connectivity index (χ4n) is 1.37. The van der Waals surface area contributed by atoms with Gasteiger partial charge in [0.15, 0.2) is 5.65 Å². The number of aromatic nitrogens is 4. The van der Waals surface area contributed by atoms with Crippen LogP contribution in [0.3, 0.4) is 0 Å². The molecule has 2 rings (SSSR count). The Hall–Kier alpha value is -2.15. The third-order valence-corrected chi connectivity index (χ3v) is 2.15. The van der Waals surface area contributed by atoms with Gasteiger partial charge in [0.05, 0.1) is 6.61 Å². The van der Waals surface area contributed by atoms with E-state index in [0.717, 1.165) is 0 Å². The number of nitrogens with one attached hydrogen (secondary N) is 2. The van der Waals surface area contributed by atoms with E-state index in [9.17, 15) is 9.59 Å². The summed E-state index contributed by atoms with van der Waals surface area (Å²) in [7, 11) is 1.51. The predicted molar refractivity (Wildman–Crippen MR) is 58.1 cm³/mol. The quantitative estimate of drug-likeness (QED) is 0.603. The first-order valence-corrected chi connectivity index (χ1v) is 4.60. The highest BCUT2D eigenvalue weighted by Gasteiger charge is 2.08. The predicted octanol–water partition coefficient (Wildman–Crippen LogP) is -1.04. The zero-order valence-corrected chi connectivity index (χ0v) is 8.52. The molecule has 84 valence electrons. The van der Waals surface area contributed by atoms with Gasteiger partial charge in [0, 0.05) is 7.05 Å². The molecule has 0 aliphatic heterocycles. The lowest BCUT2D eigenvalue weighted by Crippen LogP contribution is -2.28. The van der Waals surface area contributed by atoms with Gasteiger partial charge in [-0.2, -0.15) is 0 Å². The van der Waals surface area contributed by atoms with Crippen LogP contribution in [-0.2, 0) is 7.05 Å². The molecular formula is C9H10N4O3. The molecule has 0 unspecified atom stereocenters. The Kier molecular flexibility index (Phi) is 2.45. The standard InChI is InChI=1S/C9H10N4O3/c1-13-7-6(8(15)12-9(13)16)10-5(11-7)3-2-4-14/h2-3,14H,4H2,1H3,(H,10,11)(H,12,15,16).